The van der Waals surface area contributed by atoms with Crippen LogP contribution >= 0.6 is 11.8 Å². The predicted octanol–water partition coefficient (Wildman–Crippen LogP) is 3.80. The maximum atomic E-state index is 13.1. The molecule has 0 saturated carbocycles. The van der Waals surface area contributed by atoms with Crippen LogP contribution in [0.5, 0.6) is 5.75 Å². The van der Waals surface area contributed by atoms with Gasteiger partial charge in [0.05, 0.1) is 13.7 Å². The van der Waals surface area contributed by atoms with Crippen LogP contribution in [0.2, 0.25) is 0 Å². The summed E-state index contributed by atoms with van der Waals surface area (Å²) >= 11 is 0.492. The topological polar surface area (TPSA) is 52.6 Å². The molecule has 1 rings (SSSR count). The Bertz CT molecular complexity index is 598. The molecule has 0 saturated heterocycles. The number of allylic oxidation sites excluding steroid dienone is 1. The van der Waals surface area contributed by atoms with Gasteiger partial charge in [0.15, 0.2) is 4.75 Å². The van der Waals surface area contributed by atoms with Crippen molar-refractivity contribution < 1.29 is 32.2 Å². The van der Waals surface area contributed by atoms with Gasteiger partial charge in [0.1, 0.15) is 5.75 Å². The van der Waals surface area contributed by atoms with Crippen LogP contribution in [0, 0.1) is 0 Å². The normalized spacial score (nSPS) is 13.7. The summed E-state index contributed by atoms with van der Waals surface area (Å²) in [5.74, 6) is -2.92. The van der Waals surface area contributed by atoms with E-state index in [0.717, 1.165) is 6.08 Å². The number of hydrogen-bond acceptors (Lipinski definition) is 5. The van der Waals surface area contributed by atoms with E-state index in [-0.39, 0.29) is 6.61 Å². The zero-order valence-corrected chi connectivity index (χ0v) is 14.0. The average molecular weight is 362 g/mol. The number of thioether (sulfide) groups is 1. The van der Waals surface area contributed by atoms with Crippen molar-refractivity contribution in [1.29, 1.82) is 0 Å². The highest BCUT2D eigenvalue weighted by atomic mass is 32.2. The van der Waals surface area contributed by atoms with Gasteiger partial charge in [-0.15, -0.1) is 6.58 Å². The maximum absolute atomic E-state index is 13.1. The van der Waals surface area contributed by atoms with Gasteiger partial charge in [-0.25, -0.2) is 0 Å². The van der Waals surface area contributed by atoms with Crippen molar-refractivity contribution in [2.45, 2.75) is 29.2 Å². The van der Waals surface area contributed by atoms with Crippen molar-refractivity contribution in [2.75, 3.05) is 13.7 Å². The summed E-state index contributed by atoms with van der Waals surface area (Å²) in [4.78, 5) is 24.5. The third-order valence-electron chi connectivity index (χ3n) is 3.01. The quantitative estimate of drug-likeness (QED) is 0.305. The Kier molecular flexibility index (Phi) is 6.89. The molecular weight excluding hydrogens is 345 g/mol. The fraction of sp³-hybridized carbons (Fsp3) is 0.375. The Balaban J connectivity index is 3.34. The van der Waals surface area contributed by atoms with Crippen molar-refractivity contribution in [3.8, 4) is 5.75 Å². The van der Waals surface area contributed by atoms with Gasteiger partial charge in [0, 0.05) is 4.90 Å². The van der Waals surface area contributed by atoms with Gasteiger partial charge in [0.2, 0.25) is 0 Å². The largest absolute Gasteiger partial charge is 0.497 e. The van der Waals surface area contributed by atoms with E-state index in [1.807, 2.05) is 0 Å². The first-order valence-corrected chi connectivity index (χ1v) is 7.75. The highest BCUT2D eigenvalue weighted by Crippen LogP contribution is 2.42. The second kappa shape index (κ2) is 8.23. The minimum absolute atomic E-state index is 0.147. The highest BCUT2D eigenvalue weighted by molar-refractivity contribution is 8.02. The summed E-state index contributed by atoms with van der Waals surface area (Å²) in [5, 5.41) is 0. The van der Waals surface area contributed by atoms with Gasteiger partial charge >= 0.3 is 12.1 Å². The number of carbonyl (C=O) groups excluding carboxylic acids is 2. The maximum Gasteiger partial charge on any atom is 0.452 e. The van der Waals surface area contributed by atoms with Crippen LogP contribution in [0.4, 0.5) is 13.2 Å². The van der Waals surface area contributed by atoms with E-state index in [1.165, 1.54) is 38.3 Å². The number of rotatable bonds is 8. The molecular formula is C16H17F3O4S. The summed E-state index contributed by atoms with van der Waals surface area (Å²) in [7, 11) is 1.44. The summed E-state index contributed by atoms with van der Waals surface area (Å²) in [6.07, 6.45) is -4.60. The fourth-order valence-corrected chi connectivity index (χ4v) is 3.15. The molecule has 0 aromatic heterocycles. The van der Waals surface area contributed by atoms with Crippen molar-refractivity contribution in [3.63, 3.8) is 0 Å². The second-order valence-electron chi connectivity index (χ2n) is 4.64. The Morgan fingerprint density at radius 2 is 1.83 bits per heavy atom. The number of halogens is 3. The Morgan fingerprint density at radius 1 is 1.25 bits per heavy atom. The molecule has 1 aromatic rings. The number of ketones is 1. The molecule has 0 aliphatic rings. The van der Waals surface area contributed by atoms with Gasteiger partial charge in [-0.05, 0) is 37.6 Å². The molecule has 1 unspecified atom stereocenters. The van der Waals surface area contributed by atoms with Crippen LogP contribution in [0.3, 0.4) is 0 Å². The number of carbonyl (C=O) groups is 2. The molecule has 0 bridgehead atoms. The zero-order chi connectivity index (χ0) is 18.4. The van der Waals surface area contributed by atoms with Crippen molar-refractivity contribution in [3.05, 3.63) is 36.9 Å². The van der Waals surface area contributed by atoms with Crippen LogP contribution in [-0.4, -0.2) is 36.4 Å². The number of esters is 1. The molecule has 0 heterocycles. The lowest BCUT2D eigenvalue weighted by Crippen LogP contribution is -2.50. The number of alkyl halides is 3. The molecule has 0 fully saturated rings. The number of benzene rings is 1. The van der Waals surface area contributed by atoms with Gasteiger partial charge in [-0.1, -0.05) is 17.8 Å². The van der Waals surface area contributed by atoms with E-state index < -0.39 is 29.1 Å². The molecule has 0 spiro atoms. The highest BCUT2D eigenvalue weighted by Gasteiger charge is 2.58. The molecule has 0 aliphatic heterocycles. The van der Waals surface area contributed by atoms with E-state index in [2.05, 4.69) is 6.58 Å². The minimum atomic E-state index is -5.19. The van der Waals surface area contributed by atoms with Crippen LogP contribution in [-0.2, 0) is 14.3 Å². The minimum Gasteiger partial charge on any atom is -0.497 e. The summed E-state index contributed by atoms with van der Waals surface area (Å²) in [6.45, 7) is 4.67. The number of ether oxygens (including phenoxy) is 2. The molecule has 24 heavy (non-hydrogen) atoms. The lowest BCUT2D eigenvalue weighted by atomic mass is 9.98. The van der Waals surface area contributed by atoms with Crippen LogP contribution < -0.4 is 4.74 Å². The molecule has 1 atom stereocenters. The first-order chi connectivity index (χ1) is 11.2. The van der Waals surface area contributed by atoms with Gasteiger partial charge in [0.25, 0.3) is 5.78 Å². The molecule has 132 valence electrons. The van der Waals surface area contributed by atoms with E-state index in [0.29, 0.717) is 22.4 Å². The second-order valence-corrected chi connectivity index (χ2v) is 6.02. The molecule has 0 N–H and O–H groups in total. The first kappa shape index (κ1) is 20.1. The van der Waals surface area contributed by atoms with E-state index >= 15 is 0 Å². The number of Topliss-reactive ketones (excluding diaryl/α,β-unsaturated/α-hetero) is 1. The molecule has 0 amide bonds. The SMILES string of the molecule is C=CCC(Sc1ccc(OC)cc1)(C(=O)OCC)C(=O)C(F)(F)F. The summed E-state index contributed by atoms with van der Waals surface area (Å²) < 4.78 is 46.4. The van der Waals surface area contributed by atoms with E-state index in [4.69, 9.17) is 9.47 Å². The smallest absolute Gasteiger partial charge is 0.452 e. The Morgan fingerprint density at radius 3 is 2.25 bits per heavy atom. The molecule has 1 aromatic carbocycles. The van der Waals surface area contributed by atoms with E-state index in [1.54, 1.807) is 0 Å². The van der Waals surface area contributed by atoms with Crippen molar-refractivity contribution in [1.82, 2.24) is 0 Å². The van der Waals surface area contributed by atoms with Crippen molar-refractivity contribution in [2.24, 2.45) is 0 Å². The lowest BCUT2D eigenvalue weighted by molar-refractivity contribution is -0.178. The van der Waals surface area contributed by atoms with Crippen LogP contribution in [0.25, 0.3) is 0 Å². The third-order valence-corrected chi connectivity index (χ3v) is 4.39. The standard InChI is InChI=1S/C16H17F3O4S/c1-4-10-15(14(21)23-5-2,13(20)16(17,18)19)24-12-8-6-11(22-3)7-9-12/h4,6-9H,1,5,10H2,2-3H3. The number of hydrogen-bond donors (Lipinski definition) is 0. The van der Waals surface area contributed by atoms with Crippen LogP contribution in [0.15, 0.2) is 41.8 Å². The van der Waals surface area contributed by atoms with Gasteiger partial charge < -0.3 is 9.47 Å². The zero-order valence-electron chi connectivity index (χ0n) is 13.2. The molecule has 0 aliphatic carbocycles. The van der Waals surface area contributed by atoms with E-state index in [9.17, 15) is 22.8 Å². The molecule has 0 radical (unpaired) electrons. The van der Waals surface area contributed by atoms with Gasteiger partial charge in [-0.3, -0.25) is 9.59 Å². The van der Waals surface area contributed by atoms with Gasteiger partial charge in [-0.2, -0.15) is 13.2 Å². The number of methoxy groups -OCH3 is 1. The van der Waals surface area contributed by atoms with Crippen molar-refractivity contribution >= 4 is 23.5 Å². The molecule has 8 heteroatoms. The Hall–Kier alpha value is -1.96. The Labute approximate surface area is 142 Å². The monoisotopic (exact) mass is 362 g/mol. The average Bonchev–Trinajstić information content (AvgIpc) is 2.53. The molecule has 4 nitrogen and oxygen atoms in total. The predicted molar refractivity (Wildman–Crippen MR) is 84.1 cm³/mol. The fourth-order valence-electron chi connectivity index (χ4n) is 1.92. The summed E-state index contributed by atoms with van der Waals surface area (Å²) in [5.41, 5.74) is 0. The lowest BCUT2D eigenvalue weighted by Gasteiger charge is -2.29. The third kappa shape index (κ3) is 4.53. The van der Waals surface area contributed by atoms with Crippen LogP contribution in [0.1, 0.15) is 13.3 Å². The first-order valence-electron chi connectivity index (χ1n) is 6.94. The summed E-state index contributed by atoms with van der Waals surface area (Å²) in [6, 6.07) is 5.96.